The van der Waals surface area contributed by atoms with Crippen LogP contribution in [-0.2, 0) is 28.5 Å². The molecule has 4 atom stereocenters. The van der Waals surface area contributed by atoms with E-state index in [1.165, 1.54) is 6.92 Å². The molecule has 2 heterocycles. The zero-order chi connectivity index (χ0) is 14.1. The van der Waals surface area contributed by atoms with Crippen molar-refractivity contribution in [2.45, 2.75) is 31.5 Å². The van der Waals surface area contributed by atoms with Crippen LogP contribution in [0.25, 0.3) is 0 Å². The van der Waals surface area contributed by atoms with Crippen molar-refractivity contribution in [3.8, 4) is 0 Å². The number of fused-ring (bicyclic) bond motifs is 1. The highest BCUT2D eigenvalue weighted by Gasteiger charge is 2.51. The number of benzene rings is 1. The predicted molar refractivity (Wildman–Crippen MR) is 65.4 cm³/mol. The van der Waals surface area contributed by atoms with Crippen LogP contribution in [0.15, 0.2) is 30.3 Å². The van der Waals surface area contributed by atoms with Crippen LogP contribution in [0.4, 0.5) is 0 Å². The number of ether oxygens (including phenoxy) is 4. The summed E-state index contributed by atoms with van der Waals surface area (Å²) in [6.07, 6.45) is -2.78. The van der Waals surface area contributed by atoms with Gasteiger partial charge in [0, 0.05) is 12.5 Å². The van der Waals surface area contributed by atoms with Gasteiger partial charge in [0.15, 0.2) is 12.4 Å². The number of carbonyl (C=O) groups excluding carboxylic acids is 2. The minimum absolute atomic E-state index is 0.216. The molecule has 1 aromatic carbocycles. The van der Waals surface area contributed by atoms with Gasteiger partial charge in [-0.05, 0) is 0 Å². The first-order valence-electron chi connectivity index (χ1n) is 6.35. The summed E-state index contributed by atoms with van der Waals surface area (Å²) >= 11 is 0. The van der Waals surface area contributed by atoms with Crippen LogP contribution in [-0.4, -0.2) is 36.9 Å². The summed E-state index contributed by atoms with van der Waals surface area (Å²) < 4.78 is 21.4. The number of hydrogen-bond acceptors (Lipinski definition) is 6. The van der Waals surface area contributed by atoms with Crippen LogP contribution in [0, 0.1) is 0 Å². The van der Waals surface area contributed by atoms with Crippen LogP contribution < -0.4 is 0 Å². The number of rotatable bonds is 2. The summed E-state index contributed by atoms with van der Waals surface area (Å²) in [6.45, 7) is 1.46. The fourth-order valence-electron chi connectivity index (χ4n) is 2.34. The predicted octanol–water partition coefficient (Wildman–Crippen LogP) is 0.958. The maximum Gasteiger partial charge on any atom is 0.350 e. The van der Waals surface area contributed by atoms with Crippen LogP contribution in [0.3, 0.4) is 0 Å². The molecule has 2 fully saturated rings. The SMILES string of the molecule is CC(=O)O[C@@H]1C(=O)O[C@@H]2CO[C@H](c3ccccc3)O[C@H]12. The number of esters is 2. The van der Waals surface area contributed by atoms with Crippen LogP contribution in [0.2, 0.25) is 0 Å². The lowest BCUT2D eigenvalue weighted by Gasteiger charge is -2.32. The Morgan fingerprint density at radius 3 is 2.75 bits per heavy atom. The highest BCUT2D eigenvalue weighted by Crippen LogP contribution is 2.33. The molecule has 0 amide bonds. The standard InChI is InChI=1S/C14H14O6/c1-8(15)18-12-11-10(19-13(12)16)7-17-14(20-11)9-5-3-2-4-6-9/h2-6,10-12,14H,7H2,1H3/t10-,11+,12+,14+/m1/s1. The van der Waals surface area contributed by atoms with Gasteiger partial charge in [0.25, 0.3) is 0 Å². The first kappa shape index (κ1) is 13.1. The lowest BCUT2D eigenvalue weighted by molar-refractivity contribution is -0.253. The van der Waals surface area contributed by atoms with Crippen molar-refractivity contribution in [3.05, 3.63) is 35.9 Å². The van der Waals surface area contributed by atoms with E-state index in [0.29, 0.717) is 0 Å². The molecule has 0 aliphatic carbocycles. The Labute approximate surface area is 115 Å². The third kappa shape index (κ3) is 2.39. The van der Waals surface area contributed by atoms with E-state index in [4.69, 9.17) is 18.9 Å². The summed E-state index contributed by atoms with van der Waals surface area (Å²) in [7, 11) is 0. The molecule has 3 rings (SSSR count). The van der Waals surface area contributed by atoms with E-state index in [1.54, 1.807) is 0 Å². The second kappa shape index (κ2) is 5.22. The minimum atomic E-state index is -1.02. The van der Waals surface area contributed by atoms with Crippen molar-refractivity contribution in [2.75, 3.05) is 6.61 Å². The van der Waals surface area contributed by atoms with Crippen molar-refractivity contribution >= 4 is 11.9 Å². The summed E-state index contributed by atoms with van der Waals surface area (Å²) in [6, 6.07) is 9.36. The zero-order valence-electron chi connectivity index (χ0n) is 10.9. The van der Waals surface area contributed by atoms with Gasteiger partial charge in [-0.25, -0.2) is 4.79 Å². The minimum Gasteiger partial charge on any atom is -0.454 e. The Bertz CT molecular complexity index is 514. The summed E-state index contributed by atoms with van der Waals surface area (Å²) in [5.41, 5.74) is 0.840. The molecule has 0 unspecified atom stereocenters. The van der Waals surface area contributed by atoms with Gasteiger partial charge in [0.05, 0.1) is 6.61 Å². The normalized spacial score (nSPS) is 32.4. The molecule has 0 N–H and O–H groups in total. The maximum absolute atomic E-state index is 11.7. The van der Waals surface area contributed by atoms with Crippen LogP contribution in [0.1, 0.15) is 18.8 Å². The molecule has 2 aliphatic heterocycles. The third-order valence-corrected chi connectivity index (χ3v) is 3.22. The van der Waals surface area contributed by atoms with E-state index in [1.807, 2.05) is 30.3 Å². The second-order valence-electron chi connectivity index (χ2n) is 4.68. The van der Waals surface area contributed by atoms with Gasteiger partial charge < -0.3 is 18.9 Å². The Hall–Kier alpha value is -1.92. The van der Waals surface area contributed by atoms with E-state index in [0.717, 1.165) is 5.56 Å². The Balaban J connectivity index is 1.77. The summed E-state index contributed by atoms with van der Waals surface area (Å²) in [5, 5.41) is 0. The molecule has 6 heteroatoms. The van der Waals surface area contributed by atoms with Gasteiger partial charge >= 0.3 is 11.9 Å². The highest BCUT2D eigenvalue weighted by atomic mass is 16.7. The van der Waals surface area contributed by atoms with E-state index in [-0.39, 0.29) is 6.61 Å². The average Bonchev–Trinajstić information content (AvgIpc) is 2.75. The highest BCUT2D eigenvalue weighted by molar-refractivity contribution is 5.81. The molecule has 2 aliphatic rings. The fraction of sp³-hybridized carbons (Fsp3) is 0.429. The lowest BCUT2D eigenvalue weighted by atomic mass is 10.1. The Kier molecular flexibility index (Phi) is 3.42. The molecule has 106 valence electrons. The van der Waals surface area contributed by atoms with Gasteiger partial charge in [0.2, 0.25) is 6.10 Å². The van der Waals surface area contributed by atoms with Crippen molar-refractivity contribution < 1.29 is 28.5 Å². The quantitative estimate of drug-likeness (QED) is 0.750. The Morgan fingerprint density at radius 2 is 2.05 bits per heavy atom. The molecule has 20 heavy (non-hydrogen) atoms. The number of hydrogen-bond donors (Lipinski definition) is 0. The molecule has 0 saturated carbocycles. The van der Waals surface area contributed by atoms with E-state index >= 15 is 0 Å². The fourth-order valence-corrected chi connectivity index (χ4v) is 2.34. The molecule has 0 radical (unpaired) electrons. The van der Waals surface area contributed by atoms with E-state index in [2.05, 4.69) is 0 Å². The first-order chi connectivity index (χ1) is 9.65. The second-order valence-corrected chi connectivity index (χ2v) is 4.68. The average molecular weight is 278 g/mol. The number of carbonyl (C=O) groups is 2. The topological polar surface area (TPSA) is 71.1 Å². The Morgan fingerprint density at radius 1 is 1.30 bits per heavy atom. The molecule has 0 spiro atoms. The molecule has 1 aromatic rings. The van der Waals surface area contributed by atoms with Crippen molar-refractivity contribution in [2.24, 2.45) is 0 Å². The van der Waals surface area contributed by atoms with Crippen LogP contribution in [0.5, 0.6) is 0 Å². The molecular weight excluding hydrogens is 264 g/mol. The molecule has 0 aromatic heterocycles. The van der Waals surface area contributed by atoms with Gasteiger partial charge in [-0.3, -0.25) is 4.79 Å². The monoisotopic (exact) mass is 278 g/mol. The molecular formula is C14H14O6. The largest absolute Gasteiger partial charge is 0.454 e. The van der Waals surface area contributed by atoms with E-state index < -0.39 is 36.5 Å². The first-order valence-corrected chi connectivity index (χ1v) is 6.35. The van der Waals surface area contributed by atoms with Gasteiger partial charge in [-0.2, -0.15) is 0 Å². The van der Waals surface area contributed by atoms with Crippen molar-refractivity contribution in [1.29, 1.82) is 0 Å². The van der Waals surface area contributed by atoms with E-state index in [9.17, 15) is 9.59 Å². The van der Waals surface area contributed by atoms with Gasteiger partial charge in [-0.1, -0.05) is 30.3 Å². The van der Waals surface area contributed by atoms with Gasteiger partial charge in [-0.15, -0.1) is 0 Å². The maximum atomic E-state index is 11.7. The van der Waals surface area contributed by atoms with Crippen molar-refractivity contribution in [3.63, 3.8) is 0 Å². The van der Waals surface area contributed by atoms with Crippen molar-refractivity contribution in [1.82, 2.24) is 0 Å². The smallest absolute Gasteiger partial charge is 0.350 e. The summed E-state index contributed by atoms with van der Waals surface area (Å²) in [4.78, 5) is 22.7. The molecule has 0 bridgehead atoms. The zero-order valence-corrected chi connectivity index (χ0v) is 10.9. The van der Waals surface area contributed by atoms with Crippen LogP contribution >= 0.6 is 0 Å². The molecule has 6 nitrogen and oxygen atoms in total. The summed E-state index contributed by atoms with van der Waals surface area (Å²) in [5.74, 6) is -1.13. The lowest BCUT2D eigenvalue weighted by Crippen LogP contribution is -2.44. The third-order valence-electron chi connectivity index (χ3n) is 3.22. The molecule has 2 saturated heterocycles. The van der Waals surface area contributed by atoms with Gasteiger partial charge in [0.1, 0.15) is 6.10 Å².